The van der Waals surface area contributed by atoms with Crippen molar-refractivity contribution >= 4 is 16.3 Å². The van der Waals surface area contributed by atoms with E-state index in [1.807, 2.05) is 0 Å². The summed E-state index contributed by atoms with van der Waals surface area (Å²) in [6, 6.07) is 1.40. The Morgan fingerprint density at radius 3 is 3.07 bits per heavy atom. The molecule has 15 heavy (non-hydrogen) atoms. The van der Waals surface area contributed by atoms with Crippen molar-refractivity contribution in [2.24, 2.45) is 0 Å². The van der Waals surface area contributed by atoms with E-state index in [1.165, 1.54) is 23.6 Å². The van der Waals surface area contributed by atoms with Gasteiger partial charge in [0.25, 0.3) is 0 Å². The summed E-state index contributed by atoms with van der Waals surface area (Å²) in [5, 5.41) is 4.05. The first-order valence-electron chi connectivity index (χ1n) is 4.23. The Morgan fingerprint density at radius 1 is 1.33 bits per heavy atom. The molecule has 0 fully saturated rings. The monoisotopic (exact) mass is 220 g/mol. The zero-order valence-electron chi connectivity index (χ0n) is 7.46. The van der Waals surface area contributed by atoms with Gasteiger partial charge in [0.2, 0.25) is 4.96 Å². The number of hydrogen-bond donors (Lipinski definition) is 0. The average molecular weight is 220 g/mol. The quantitative estimate of drug-likeness (QED) is 0.630. The van der Waals surface area contributed by atoms with Crippen LogP contribution in [0, 0.1) is 5.82 Å². The van der Waals surface area contributed by atoms with Crippen molar-refractivity contribution in [2.45, 2.75) is 0 Å². The lowest BCUT2D eigenvalue weighted by atomic mass is 10.2. The third kappa shape index (κ3) is 1.39. The molecule has 0 radical (unpaired) electrons. The molecule has 0 aliphatic rings. The van der Waals surface area contributed by atoms with Gasteiger partial charge in [0.1, 0.15) is 11.3 Å². The third-order valence-corrected chi connectivity index (χ3v) is 2.68. The largest absolute Gasteiger partial charge is 0.261 e. The van der Waals surface area contributed by atoms with Crippen LogP contribution in [0.1, 0.15) is 0 Å². The summed E-state index contributed by atoms with van der Waals surface area (Å²) in [6.45, 7) is 0. The van der Waals surface area contributed by atoms with E-state index in [0.29, 0.717) is 11.3 Å². The average Bonchev–Trinajstić information content (AvgIpc) is 2.76. The molecule has 0 N–H and O–H groups in total. The Labute approximate surface area is 88.0 Å². The van der Waals surface area contributed by atoms with Gasteiger partial charge in [-0.1, -0.05) is 11.3 Å². The fourth-order valence-corrected chi connectivity index (χ4v) is 1.93. The second-order valence-corrected chi connectivity index (χ2v) is 3.80. The van der Waals surface area contributed by atoms with Gasteiger partial charge in [-0.15, -0.1) is 0 Å². The van der Waals surface area contributed by atoms with Crippen LogP contribution in [-0.4, -0.2) is 19.6 Å². The SMILES string of the molecule is Fc1cncc(-c2cn3ncsc3n2)c1. The van der Waals surface area contributed by atoms with Gasteiger partial charge in [-0.05, 0) is 6.07 Å². The highest BCUT2D eigenvalue weighted by molar-refractivity contribution is 7.14. The van der Waals surface area contributed by atoms with E-state index in [-0.39, 0.29) is 5.82 Å². The van der Waals surface area contributed by atoms with Crippen LogP contribution in [0.2, 0.25) is 0 Å². The fraction of sp³-hybridized carbons (Fsp3) is 0. The molecule has 6 heteroatoms. The fourth-order valence-electron chi connectivity index (χ4n) is 1.33. The number of imidazole rings is 1. The molecule has 0 saturated heterocycles. The van der Waals surface area contributed by atoms with Gasteiger partial charge in [-0.3, -0.25) is 4.98 Å². The highest BCUT2D eigenvalue weighted by atomic mass is 32.1. The summed E-state index contributed by atoms with van der Waals surface area (Å²) in [5.74, 6) is -0.364. The Morgan fingerprint density at radius 2 is 2.27 bits per heavy atom. The Kier molecular flexibility index (Phi) is 1.75. The highest BCUT2D eigenvalue weighted by Gasteiger charge is 2.06. The van der Waals surface area contributed by atoms with Crippen molar-refractivity contribution in [2.75, 3.05) is 0 Å². The third-order valence-electron chi connectivity index (χ3n) is 1.99. The summed E-state index contributed by atoms with van der Waals surface area (Å²) in [4.78, 5) is 8.86. The molecular weight excluding hydrogens is 215 g/mol. The van der Waals surface area contributed by atoms with E-state index in [0.717, 1.165) is 4.96 Å². The van der Waals surface area contributed by atoms with Gasteiger partial charge in [0.15, 0.2) is 0 Å². The van der Waals surface area contributed by atoms with Crippen molar-refractivity contribution in [3.05, 3.63) is 36.0 Å². The zero-order valence-corrected chi connectivity index (χ0v) is 8.28. The number of aromatic nitrogens is 4. The molecule has 0 unspecified atom stereocenters. The Bertz CT molecular complexity index is 587. The number of halogens is 1. The summed E-state index contributed by atoms with van der Waals surface area (Å²) >= 11 is 1.43. The van der Waals surface area contributed by atoms with E-state index in [9.17, 15) is 4.39 Å². The van der Waals surface area contributed by atoms with E-state index < -0.39 is 0 Å². The maximum absolute atomic E-state index is 12.9. The second kappa shape index (κ2) is 3.09. The van der Waals surface area contributed by atoms with Crippen LogP contribution in [0.4, 0.5) is 4.39 Å². The van der Waals surface area contributed by atoms with Crippen molar-refractivity contribution in [3.63, 3.8) is 0 Å². The second-order valence-electron chi connectivity index (χ2n) is 2.98. The first kappa shape index (κ1) is 8.49. The topological polar surface area (TPSA) is 43.1 Å². The van der Waals surface area contributed by atoms with E-state index in [4.69, 9.17) is 0 Å². The van der Waals surface area contributed by atoms with Crippen LogP contribution in [0.5, 0.6) is 0 Å². The highest BCUT2D eigenvalue weighted by Crippen LogP contribution is 2.19. The minimum atomic E-state index is -0.364. The summed E-state index contributed by atoms with van der Waals surface area (Å²) in [6.07, 6.45) is 4.50. The van der Waals surface area contributed by atoms with Crippen LogP contribution >= 0.6 is 11.3 Å². The smallest absolute Gasteiger partial charge is 0.212 e. The Hall–Kier alpha value is -1.82. The minimum Gasteiger partial charge on any atom is -0.261 e. The molecule has 0 aliphatic heterocycles. The van der Waals surface area contributed by atoms with Gasteiger partial charge < -0.3 is 0 Å². The van der Waals surface area contributed by atoms with E-state index in [1.54, 1.807) is 22.4 Å². The van der Waals surface area contributed by atoms with Crippen molar-refractivity contribution in [1.82, 2.24) is 19.6 Å². The first-order chi connectivity index (χ1) is 7.33. The predicted octanol–water partition coefficient (Wildman–Crippen LogP) is 1.99. The van der Waals surface area contributed by atoms with E-state index >= 15 is 0 Å². The van der Waals surface area contributed by atoms with Crippen LogP contribution in [-0.2, 0) is 0 Å². The van der Waals surface area contributed by atoms with Gasteiger partial charge in [-0.25, -0.2) is 13.9 Å². The van der Waals surface area contributed by atoms with Crippen LogP contribution in [0.15, 0.2) is 30.2 Å². The molecule has 74 valence electrons. The minimum absolute atomic E-state index is 0.364. The molecule has 0 saturated carbocycles. The standard InChI is InChI=1S/C9H5FN4S/c10-7-1-6(2-11-3-7)8-4-14-9(13-8)15-5-12-14/h1-5H. The van der Waals surface area contributed by atoms with Gasteiger partial charge in [0.05, 0.1) is 18.1 Å². The molecule has 3 heterocycles. The van der Waals surface area contributed by atoms with Gasteiger partial charge in [0, 0.05) is 11.8 Å². The summed E-state index contributed by atoms with van der Waals surface area (Å²) < 4.78 is 14.6. The lowest BCUT2D eigenvalue weighted by Crippen LogP contribution is -1.82. The Balaban J connectivity index is 2.17. The van der Waals surface area contributed by atoms with E-state index in [2.05, 4.69) is 15.1 Å². The number of rotatable bonds is 1. The predicted molar refractivity (Wildman–Crippen MR) is 54.1 cm³/mol. The molecule has 0 aromatic carbocycles. The molecule has 0 amide bonds. The van der Waals surface area contributed by atoms with Crippen LogP contribution in [0.3, 0.4) is 0 Å². The molecule has 0 bridgehead atoms. The molecule has 0 atom stereocenters. The number of nitrogens with zero attached hydrogens (tertiary/aromatic N) is 4. The number of fused-ring (bicyclic) bond motifs is 1. The number of hydrogen-bond acceptors (Lipinski definition) is 4. The molecule has 3 aromatic rings. The summed E-state index contributed by atoms with van der Waals surface area (Å²) in [5.41, 5.74) is 3.05. The molecule has 0 aliphatic carbocycles. The maximum atomic E-state index is 12.9. The van der Waals surface area contributed by atoms with Crippen LogP contribution < -0.4 is 0 Å². The lowest BCUT2D eigenvalue weighted by molar-refractivity contribution is 0.622. The molecule has 0 spiro atoms. The first-order valence-corrected chi connectivity index (χ1v) is 5.11. The normalized spacial score (nSPS) is 11.0. The maximum Gasteiger partial charge on any atom is 0.212 e. The van der Waals surface area contributed by atoms with Crippen LogP contribution in [0.25, 0.3) is 16.2 Å². The van der Waals surface area contributed by atoms with Crippen molar-refractivity contribution < 1.29 is 4.39 Å². The number of pyridine rings is 1. The molecular formula is C9H5FN4S. The summed E-state index contributed by atoms with van der Waals surface area (Å²) in [7, 11) is 0. The van der Waals surface area contributed by atoms with Gasteiger partial charge in [-0.2, -0.15) is 5.10 Å². The molecule has 3 rings (SSSR count). The van der Waals surface area contributed by atoms with Gasteiger partial charge >= 0.3 is 0 Å². The molecule has 4 nitrogen and oxygen atoms in total. The lowest BCUT2D eigenvalue weighted by Gasteiger charge is -1.93. The molecule has 3 aromatic heterocycles. The zero-order chi connectivity index (χ0) is 10.3. The van der Waals surface area contributed by atoms with Crippen molar-refractivity contribution in [1.29, 1.82) is 0 Å². The van der Waals surface area contributed by atoms with Crippen molar-refractivity contribution in [3.8, 4) is 11.3 Å².